The molecule has 1 N–H and O–H groups in total. The molecule has 0 fully saturated rings. The Bertz CT molecular complexity index is 854. The first kappa shape index (κ1) is 49.1. The fourth-order valence-electron chi connectivity index (χ4n) is 6.34. The molecule has 0 heterocycles. The lowest BCUT2D eigenvalue weighted by Gasteiger charge is -2.31. The summed E-state index contributed by atoms with van der Waals surface area (Å²) in [6, 6.07) is -0.613. The van der Waals surface area contributed by atoms with Crippen molar-refractivity contribution in [3.8, 4) is 0 Å². The van der Waals surface area contributed by atoms with Crippen LogP contribution in [0.4, 0.5) is 0 Å². The molecule has 300 valence electrons. The Morgan fingerprint density at radius 3 is 1.49 bits per heavy atom. The molecule has 0 spiro atoms. The predicted octanol–water partition coefficient (Wildman–Crippen LogP) is 11.1. The molecule has 8 heteroatoms. The second-order valence-corrected chi connectivity index (χ2v) is 15.6. The molecule has 8 nitrogen and oxygen atoms in total. The molecule has 0 amide bonds. The van der Waals surface area contributed by atoms with E-state index in [0.717, 1.165) is 32.1 Å². The van der Waals surface area contributed by atoms with Crippen molar-refractivity contribution in [3.63, 3.8) is 0 Å². The Hall–Kier alpha value is -1.93. The number of likely N-dealkylation sites (N-methyl/N-ethyl adjacent to an activating group) is 1. The van der Waals surface area contributed by atoms with Crippen molar-refractivity contribution < 1.29 is 38.2 Å². The Morgan fingerprint density at radius 2 is 1.02 bits per heavy atom. The van der Waals surface area contributed by atoms with E-state index in [2.05, 4.69) is 19.9 Å². The molecule has 0 rings (SSSR count). The minimum Gasteiger partial charge on any atom is -0.477 e. The van der Waals surface area contributed by atoms with E-state index >= 15 is 0 Å². The highest BCUT2D eigenvalue weighted by Gasteiger charge is 2.31. The number of carboxylic acid groups (broad SMARTS) is 1. The largest absolute Gasteiger partial charge is 0.477 e. The van der Waals surface area contributed by atoms with Crippen LogP contribution in [0.25, 0.3) is 0 Å². The Balaban J connectivity index is 4.19. The van der Waals surface area contributed by atoms with Crippen LogP contribution in [-0.4, -0.2) is 80.6 Å². The van der Waals surface area contributed by atoms with Crippen LogP contribution in [0, 0.1) is 0 Å². The van der Waals surface area contributed by atoms with E-state index in [0.29, 0.717) is 19.3 Å². The van der Waals surface area contributed by atoms with E-state index in [4.69, 9.17) is 14.2 Å². The van der Waals surface area contributed by atoms with Crippen molar-refractivity contribution in [2.45, 2.75) is 206 Å². The Labute approximate surface area is 314 Å². The van der Waals surface area contributed by atoms with Gasteiger partial charge in [0.1, 0.15) is 6.61 Å². The molecule has 0 saturated heterocycles. The highest BCUT2D eigenvalue weighted by atomic mass is 16.6. The van der Waals surface area contributed by atoms with Gasteiger partial charge in [-0.3, -0.25) is 9.59 Å². The van der Waals surface area contributed by atoms with E-state index in [-0.39, 0.29) is 42.7 Å². The summed E-state index contributed by atoms with van der Waals surface area (Å²) in [5.41, 5.74) is 0. The molecule has 0 aliphatic heterocycles. The summed E-state index contributed by atoms with van der Waals surface area (Å²) < 4.78 is 17.1. The molecule has 2 unspecified atom stereocenters. The summed E-state index contributed by atoms with van der Waals surface area (Å²) in [5, 5.41) is 9.58. The summed E-state index contributed by atoms with van der Waals surface area (Å²) in [5.74, 6) is -1.52. The average Bonchev–Trinajstić information content (AvgIpc) is 3.08. The number of ether oxygens (including phenoxy) is 3. The number of carbonyl (C=O) groups is 3. The number of aliphatic carboxylic acids is 1. The van der Waals surface area contributed by atoms with Gasteiger partial charge in [-0.15, -0.1) is 0 Å². The zero-order valence-corrected chi connectivity index (χ0v) is 34.1. The topological polar surface area (TPSA) is 99.1 Å². The maximum Gasteiger partial charge on any atom is 0.362 e. The van der Waals surface area contributed by atoms with Crippen molar-refractivity contribution in [2.24, 2.45) is 0 Å². The second kappa shape index (κ2) is 35.1. The quantitative estimate of drug-likeness (QED) is 0.0293. The van der Waals surface area contributed by atoms with Crippen LogP contribution in [0.2, 0.25) is 0 Å². The van der Waals surface area contributed by atoms with Crippen LogP contribution in [0.5, 0.6) is 0 Å². The summed E-state index contributed by atoms with van der Waals surface area (Å²) >= 11 is 0. The van der Waals surface area contributed by atoms with E-state index in [1.807, 2.05) is 27.2 Å². The van der Waals surface area contributed by atoms with Gasteiger partial charge in [0.2, 0.25) is 0 Å². The lowest BCUT2D eigenvalue weighted by Crippen LogP contribution is -2.50. The van der Waals surface area contributed by atoms with Crippen molar-refractivity contribution in [3.05, 3.63) is 12.2 Å². The molecule has 51 heavy (non-hydrogen) atoms. The van der Waals surface area contributed by atoms with Crippen LogP contribution < -0.4 is 0 Å². The molecular formula is C43H82NO7+. The number of carbonyl (C=O) groups excluding carboxylic acids is 2. The van der Waals surface area contributed by atoms with Crippen LogP contribution in [-0.2, 0) is 28.6 Å². The molecule has 0 aromatic heterocycles. The van der Waals surface area contributed by atoms with Crippen molar-refractivity contribution >= 4 is 17.9 Å². The second-order valence-electron chi connectivity index (χ2n) is 15.6. The van der Waals surface area contributed by atoms with E-state index in [1.165, 1.54) is 122 Å². The number of rotatable bonds is 38. The van der Waals surface area contributed by atoms with E-state index in [1.54, 1.807) is 0 Å². The van der Waals surface area contributed by atoms with Crippen LogP contribution in [0.15, 0.2) is 12.2 Å². The fourth-order valence-corrected chi connectivity index (χ4v) is 6.34. The standard InChI is InChI=1S/C43H81NO7/c1-6-8-10-12-14-15-16-17-18-19-20-21-22-23-24-25-26-28-30-32-34-42(46)51-39(37-49-36-35-40(43(47)48)44(3,4)5)38-50-41(45)33-31-29-27-13-11-9-7-2/h27,29,39-40H,6-26,28,30-38H2,1-5H3/p+1/b29-27+. The highest BCUT2D eigenvalue weighted by molar-refractivity contribution is 5.72. The number of unbranched alkanes of at least 4 members (excludes halogenated alkanes) is 22. The predicted molar refractivity (Wildman–Crippen MR) is 211 cm³/mol. The first-order valence-corrected chi connectivity index (χ1v) is 21.2. The number of carboxylic acids is 1. The third kappa shape index (κ3) is 33.6. The number of esters is 2. The maximum atomic E-state index is 12.7. The van der Waals surface area contributed by atoms with Crippen LogP contribution >= 0.6 is 0 Å². The van der Waals surface area contributed by atoms with Gasteiger partial charge in [0.15, 0.2) is 12.1 Å². The van der Waals surface area contributed by atoms with Gasteiger partial charge in [-0.2, -0.15) is 0 Å². The molecule has 0 aromatic carbocycles. The van der Waals surface area contributed by atoms with Crippen molar-refractivity contribution in [2.75, 3.05) is 41.0 Å². The SMILES string of the molecule is CCCCC/C=C/CCC(=O)OCC(COCCC(C(=O)O)[N+](C)(C)C)OC(=O)CCCCCCCCCCCCCCCCCCCCCC. The molecule has 2 atom stereocenters. The number of hydrogen-bond acceptors (Lipinski definition) is 6. The van der Waals surface area contributed by atoms with Crippen molar-refractivity contribution in [1.82, 2.24) is 0 Å². The van der Waals surface area contributed by atoms with Gasteiger partial charge in [-0.1, -0.05) is 161 Å². The molecule has 0 aliphatic carbocycles. The molecule has 0 bridgehead atoms. The zero-order chi connectivity index (χ0) is 37.8. The van der Waals surface area contributed by atoms with Crippen molar-refractivity contribution in [1.29, 1.82) is 0 Å². The van der Waals surface area contributed by atoms with Gasteiger partial charge >= 0.3 is 17.9 Å². The van der Waals surface area contributed by atoms with Gasteiger partial charge < -0.3 is 23.8 Å². The van der Waals surface area contributed by atoms with E-state index in [9.17, 15) is 19.5 Å². The zero-order valence-electron chi connectivity index (χ0n) is 34.1. The summed E-state index contributed by atoms with van der Waals surface area (Å²) in [6.07, 6.45) is 35.8. The van der Waals surface area contributed by atoms with Gasteiger partial charge in [0.25, 0.3) is 0 Å². The number of quaternary nitrogens is 1. The minimum atomic E-state index is -0.878. The lowest BCUT2D eigenvalue weighted by molar-refractivity contribution is -0.887. The molecular weight excluding hydrogens is 642 g/mol. The molecule has 0 saturated carbocycles. The smallest absolute Gasteiger partial charge is 0.362 e. The van der Waals surface area contributed by atoms with Crippen LogP contribution in [0.1, 0.15) is 194 Å². The van der Waals surface area contributed by atoms with Gasteiger partial charge in [0, 0.05) is 19.3 Å². The summed E-state index contributed by atoms with van der Waals surface area (Å²) in [7, 11) is 5.51. The Kier molecular flexibility index (Phi) is 33.8. The number of nitrogens with zero attached hydrogens (tertiary/aromatic N) is 1. The number of allylic oxidation sites excluding steroid dienone is 2. The lowest BCUT2D eigenvalue weighted by atomic mass is 10.0. The summed E-state index contributed by atoms with van der Waals surface area (Å²) in [6.45, 7) is 4.65. The molecule has 0 aliphatic rings. The third-order valence-electron chi connectivity index (χ3n) is 9.68. The van der Waals surface area contributed by atoms with Gasteiger partial charge in [0.05, 0.1) is 34.4 Å². The monoisotopic (exact) mass is 725 g/mol. The van der Waals surface area contributed by atoms with Gasteiger partial charge in [-0.05, 0) is 25.7 Å². The minimum absolute atomic E-state index is 0.0547. The normalized spacial score (nSPS) is 13.0. The molecule has 0 aromatic rings. The summed E-state index contributed by atoms with van der Waals surface area (Å²) in [4.78, 5) is 36.7. The van der Waals surface area contributed by atoms with E-state index < -0.39 is 18.1 Å². The van der Waals surface area contributed by atoms with Crippen LogP contribution in [0.3, 0.4) is 0 Å². The molecule has 0 radical (unpaired) electrons. The average molecular weight is 725 g/mol. The maximum absolute atomic E-state index is 12.7. The number of hydrogen-bond donors (Lipinski definition) is 1. The first-order valence-electron chi connectivity index (χ1n) is 21.2. The third-order valence-corrected chi connectivity index (χ3v) is 9.68. The Morgan fingerprint density at radius 1 is 0.569 bits per heavy atom. The van der Waals surface area contributed by atoms with Gasteiger partial charge in [-0.25, -0.2) is 4.79 Å². The highest BCUT2D eigenvalue weighted by Crippen LogP contribution is 2.16. The fraction of sp³-hybridized carbons (Fsp3) is 0.884. The first-order chi connectivity index (χ1) is 24.6.